The van der Waals surface area contributed by atoms with E-state index in [4.69, 9.17) is 0 Å². The summed E-state index contributed by atoms with van der Waals surface area (Å²) in [5, 5.41) is 6.24. The van der Waals surface area contributed by atoms with E-state index in [-0.39, 0.29) is 0 Å². The van der Waals surface area contributed by atoms with Gasteiger partial charge in [0.25, 0.3) is 0 Å². The third-order valence-corrected chi connectivity index (χ3v) is 3.88. The molecule has 0 bridgehead atoms. The van der Waals surface area contributed by atoms with Gasteiger partial charge in [-0.3, -0.25) is 0 Å². The monoisotopic (exact) mass is 259 g/mol. The minimum Gasteiger partial charge on any atom is -0.310 e. The maximum Gasteiger partial charge on any atom is 0.0328 e. The van der Waals surface area contributed by atoms with E-state index in [2.05, 4.69) is 61.0 Å². The van der Waals surface area contributed by atoms with Gasteiger partial charge < -0.3 is 5.32 Å². The Morgan fingerprint density at radius 2 is 1.89 bits per heavy atom. The van der Waals surface area contributed by atoms with Crippen molar-refractivity contribution in [1.29, 1.82) is 0 Å². The van der Waals surface area contributed by atoms with Crippen LogP contribution in [0, 0.1) is 0 Å². The van der Waals surface area contributed by atoms with Crippen LogP contribution >= 0.6 is 11.8 Å². The van der Waals surface area contributed by atoms with Gasteiger partial charge >= 0.3 is 0 Å². The minimum absolute atomic E-state index is 0.479. The molecule has 0 aliphatic carbocycles. The van der Waals surface area contributed by atoms with Gasteiger partial charge in [-0.25, -0.2) is 0 Å². The van der Waals surface area contributed by atoms with Crippen LogP contribution in [0.25, 0.3) is 10.8 Å². The lowest BCUT2D eigenvalue weighted by atomic mass is 10.0. The molecule has 2 rings (SSSR count). The van der Waals surface area contributed by atoms with Gasteiger partial charge in [0.2, 0.25) is 0 Å². The number of thioether (sulfide) groups is 1. The number of hydrogen-bond acceptors (Lipinski definition) is 2. The molecule has 0 aromatic heterocycles. The molecule has 1 atom stereocenters. The molecule has 18 heavy (non-hydrogen) atoms. The van der Waals surface area contributed by atoms with Gasteiger partial charge in [-0.2, -0.15) is 11.8 Å². The normalized spacial score (nSPS) is 12.8. The molecule has 0 aliphatic rings. The first kappa shape index (κ1) is 13.4. The van der Waals surface area contributed by atoms with Crippen molar-refractivity contribution in [2.45, 2.75) is 19.4 Å². The Labute approximate surface area is 114 Å². The third-order valence-electron chi connectivity index (χ3n) is 3.24. The first-order valence-corrected chi connectivity index (χ1v) is 7.95. The molecule has 1 unspecified atom stereocenters. The highest BCUT2D eigenvalue weighted by Crippen LogP contribution is 2.23. The number of nitrogens with one attached hydrogen (secondary N) is 1. The van der Waals surface area contributed by atoms with E-state index in [0.717, 1.165) is 6.54 Å². The average molecular weight is 259 g/mol. The summed E-state index contributed by atoms with van der Waals surface area (Å²) in [6.45, 7) is 3.19. The van der Waals surface area contributed by atoms with Crippen LogP contribution in [0.5, 0.6) is 0 Å². The highest BCUT2D eigenvalue weighted by Gasteiger charge is 2.09. The first-order chi connectivity index (χ1) is 8.85. The highest BCUT2D eigenvalue weighted by molar-refractivity contribution is 7.98. The fraction of sp³-hybridized carbons (Fsp3) is 0.375. The van der Waals surface area contributed by atoms with E-state index in [1.807, 2.05) is 11.8 Å². The van der Waals surface area contributed by atoms with Crippen molar-refractivity contribution in [3.8, 4) is 0 Å². The molecule has 0 heterocycles. The average Bonchev–Trinajstić information content (AvgIpc) is 2.43. The van der Waals surface area contributed by atoms with Gasteiger partial charge in [0.15, 0.2) is 0 Å². The topological polar surface area (TPSA) is 12.0 Å². The summed E-state index contributed by atoms with van der Waals surface area (Å²) in [5.41, 5.74) is 1.41. The van der Waals surface area contributed by atoms with E-state index in [1.54, 1.807) is 0 Å². The summed E-state index contributed by atoms with van der Waals surface area (Å²) < 4.78 is 0. The Morgan fingerprint density at radius 3 is 2.61 bits per heavy atom. The fourth-order valence-corrected chi connectivity index (χ4v) is 2.76. The lowest BCUT2D eigenvalue weighted by Gasteiger charge is -2.18. The number of benzene rings is 2. The van der Waals surface area contributed by atoms with Gasteiger partial charge in [-0.05, 0) is 47.4 Å². The summed E-state index contributed by atoms with van der Waals surface area (Å²) in [6, 6.07) is 15.9. The Balaban J connectivity index is 2.25. The quantitative estimate of drug-likeness (QED) is 0.832. The van der Waals surface area contributed by atoms with Gasteiger partial charge in [-0.15, -0.1) is 0 Å². The maximum absolute atomic E-state index is 3.59. The molecular weight excluding hydrogens is 238 g/mol. The van der Waals surface area contributed by atoms with E-state index in [0.29, 0.717) is 6.04 Å². The molecule has 2 heteroatoms. The van der Waals surface area contributed by atoms with Gasteiger partial charge in [0, 0.05) is 6.04 Å². The van der Waals surface area contributed by atoms with Crippen molar-refractivity contribution in [3.63, 3.8) is 0 Å². The molecule has 0 radical (unpaired) electrons. The van der Waals surface area contributed by atoms with Crippen molar-refractivity contribution in [2.24, 2.45) is 0 Å². The van der Waals surface area contributed by atoms with Crippen molar-refractivity contribution >= 4 is 22.5 Å². The largest absolute Gasteiger partial charge is 0.310 e. The van der Waals surface area contributed by atoms with Crippen LogP contribution in [-0.2, 0) is 0 Å². The summed E-state index contributed by atoms with van der Waals surface area (Å²) >= 11 is 1.91. The van der Waals surface area contributed by atoms with Gasteiger partial charge in [0.05, 0.1) is 0 Å². The van der Waals surface area contributed by atoms with Crippen molar-refractivity contribution in [3.05, 3.63) is 48.0 Å². The smallest absolute Gasteiger partial charge is 0.0328 e. The summed E-state index contributed by atoms with van der Waals surface area (Å²) in [6.07, 6.45) is 3.36. The zero-order chi connectivity index (χ0) is 12.8. The molecule has 2 aromatic carbocycles. The Bertz CT molecular complexity index is 495. The summed E-state index contributed by atoms with van der Waals surface area (Å²) in [4.78, 5) is 0. The zero-order valence-electron chi connectivity index (χ0n) is 11.1. The van der Waals surface area contributed by atoms with E-state index >= 15 is 0 Å². The Morgan fingerprint density at radius 1 is 1.11 bits per heavy atom. The zero-order valence-corrected chi connectivity index (χ0v) is 12.0. The molecule has 0 spiro atoms. The van der Waals surface area contributed by atoms with Crippen LogP contribution in [0.15, 0.2) is 42.5 Å². The molecule has 2 aromatic rings. The van der Waals surface area contributed by atoms with E-state index in [1.165, 1.54) is 28.5 Å². The van der Waals surface area contributed by atoms with Crippen LogP contribution in [0.2, 0.25) is 0 Å². The maximum atomic E-state index is 3.59. The first-order valence-electron chi connectivity index (χ1n) is 6.56. The molecule has 0 aliphatic heterocycles. The molecule has 1 N–H and O–H groups in total. The molecule has 1 nitrogen and oxygen atoms in total. The van der Waals surface area contributed by atoms with Crippen LogP contribution in [0.1, 0.15) is 24.9 Å². The van der Waals surface area contributed by atoms with Crippen LogP contribution in [0.4, 0.5) is 0 Å². The second-order valence-corrected chi connectivity index (χ2v) is 5.48. The van der Waals surface area contributed by atoms with Crippen molar-refractivity contribution in [1.82, 2.24) is 5.32 Å². The number of rotatable bonds is 6. The van der Waals surface area contributed by atoms with Crippen LogP contribution in [0.3, 0.4) is 0 Å². The standard InChI is InChI=1S/C16H21NS/c1-3-17-16(10-11-18-2)15-9-8-13-6-4-5-7-14(13)12-15/h4-9,12,16-17H,3,10-11H2,1-2H3. The Hall–Kier alpha value is -0.990. The highest BCUT2D eigenvalue weighted by atomic mass is 32.2. The molecule has 0 saturated carbocycles. The second kappa shape index (κ2) is 6.81. The number of fused-ring (bicyclic) bond motifs is 1. The predicted molar refractivity (Wildman–Crippen MR) is 83.4 cm³/mol. The SMILES string of the molecule is CCNC(CCSC)c1ccc2ccccc2c1. The molecule has 0 amide bonds. The van der Waals surface area contributed by atoms with Crippen LogP contribution < -0.4 is 5.32 Å². The molecular formula is C16H21NS. The minimum atomic E-state index is 0.479. The molecule has 96 valence electrons. The lowest BCUT2D eigenvalue weighted by Crippen LogP contribution is -2.21. The van der Waals surface area contributed by atoms with Crippen LogP contribution in [-0.4, -0.2) is 18.6 Å². The van der Waals surface area contributed by atoms with Crippen molar-refractivity contribution < 1.29 is 0 Å². The third kappa shape index (κ3) is 3.27. The van der Waals surface area contributed by atoms with E-state index < -0.39 is 0 Å². The number of hydrogen-bond donors (Lipinski definition) is 1. The Kier molecular flexibility index (Phi) is 5.09. The fourth-order valence-electron chi connectivity index (χ4n) is 2.29. The van der Waals surface area contributed by atoms with Gasteiger partial charge in [0.1, 0.15) is 0 Å². The summed E-state index contributed by atoms with van der Waals surface area (Å²) in [7, 11) is 0. The van der Waals surface area contributed by atoms with Gasteiger partial charge in [-0.1, -0.05) is 43.3 Å². The molecule has 0 saturated heterocycles. The second-order valence-electron chi connectivity index (χ2n) is 4.50. The lowest BCUT2D eigenvalue weighted by molar-refractivity contribution is 0.541. The summed E-state index contributed by atoms with van der Waals surface area (Å²) in [5.74, 6) is 1.20. The predicted octanol–water partition coefficient (Wildman–Crippen LogP) is 4.24. The van der Waals surface area contributed by atoms with Crippen molar-refractivity contribution in [2.75, 3.05) is 18.6 Å². The molecule has 0 fully saturated rings. The van der Waals surface area contributed by atoms with E-state index in [9.17, 15) is 0 Å².